The minimum absolute atomic E-state index is 0.211. The van der Waals surface area contributed by atoms with Crippen LogP contribution in [0, 0.1) is 5.41 Å². The summed E-state index contributed by atoms with van der Waals surface area (Å²) in [6.45, 7) is 4.39. The van der Waals surface area contributed by atoms with E-state index >= 15 is 0 Å². The fourth-order valence-electron chi connectivity index (χ4n) is 2.55. The number of halogens is 3. The third kappa shape index (κ3) is 2.79. The number of nitrogens with one attached hydrogen (secondary N) is 1. The van der Waals surface area contributed by atoms with Crippen LogP contribution in [0.4, 0.5) is 18.9 Å². The lowest BCUT2D eigenvalue weighted by Crippen LogP contribution is -2.30. The predicted octanol–water partition coefficient (Wildman–Crippen LogP) is 4.70. The highest BCUT2D eigenvalue weighted by atomic mass is 19.4. The maximum Gasteiger partial charge on any atom is 0.416 e. The van der Waals surface area contributed by atoms with Gasteiger partial charge in [-0.05, 0) is 42.5 Å². The summed E-state index contributed by atoms with van der Waals surface area (Å²) in [5.74, 6) is 0. The minimum Gasteiger partial charge on any atom is -0.382 e. The summed E-state index contributed by atoms with van der Waals surface area (Å²) in [4.78, 5) is 0. The van der Waals surface area contributed by atoms with Crippen LogP contribution in [-0.2, 0) is 6.18 Å². The van der Waals surface area contributed by atoms with Crippen LogP contribution < -0.4 is 5.32 Å². The molecule has 0 aromatic heterocycles. The standard InChI is InChI=1S/C14H18F3N/c1-13(2)9-3-4-12(13)18-11-7-5-10(6-8-11)14(15,16)17/h5-8,12,18H,3-4,9H2,1-2H3. The Balaban J connectivity index is 2.07. The minimum atomic E-state index is -4.26. The number of benzene rings is 1. The Labute approximate surface area is 105 Å². The summed E-state index contributed by atoms with van der Waals surface area (Å²) in [6.07, 6.45) is -0.851. The predicted molar refractivity (Wildman–Crippen MR) is 66.5 cm³/mol. The molecule has 0 aliphatic heterocycles. The first kappa shape index (κ1) is 13.2. The van der Waals surface area contributed by atoms with Crippen LogP contribution in [0.3, 0.4) is 0 Å². The van der Waals surface area contributed by atoms with Gasteiger partial charge in [0.2, 0.25) is 0 Å². The maximum absolute atomic E-state index is 12.4. The average molecular weight is 257 g/mol. The molecule has 1 fully saturated rings. The van der Waals surface area contributed by atoms with Crippen LogP contribution in [0.1, 0.15) is 38.7 Å². The van der Waals surface area contributed by atoms with Crippen LogP contribution in [0.5, 0.6) is 0 Å². The quantitative estimate of drug-likeness (QED) is 0.810. The molecule has 100 valence electrons. The SMILES string of the molecule is CC1(C)CCCC1Nc1ccc(C(F)(F)F)cc1. The van der Waals surface area contributed by atoms with Gasteiger partial charge >= 0.3 is 6.18 Å². The molecule has 0 bridgehead atoms. The molecule has 0 saturated heterocycles. The number of alkyl halides is 3. The highest BCUT2D eigenvalue weighted by Gasteiger charge is 2.34. The van der Waals surface area contributed by atoms with Crippen molar-refractivity contribution in [3.8, 4) is 0 Å². The molecule has 1 atom stereocenters. The monoisotopic (exact) mass is 257 g/mol. The Kier molecular flexibility index (Phi) is 3.30. The summed E-state index contributed by atoms with van der Waals surface area (Å²) < 4.78 is 37.3. The van der Waals surface area contributed by atoms with Crippen LogP contribution in [0.25, 0.3) is 0 Å². The highest BCUT2D eigenvalue weighted by Crippen LogP contribution is 2.39. The van der Waals surface area contributed by atoms with Gasteiger partial charge in [0.15, 0.2) is 0 Å². The van der Waals surface area contributed by atoms with E-state index in [1.807, 2.05) is 0 Å². The first-order valence-corrected chi connectivity index (χ1v) is 6.23. The fraction of sp³-hybridized carbons (Fsp3) is 0.571. The Morgan fingerprint density at radius 2 is 1.78 bits per heavy atom. The first-order chi connectivity index (χ1) is 8.29. The third-order valence-corrected chi connectivity index (χ3v) is 3.81. The zero-order chi connectivity index (χ0) is 13.4. The zero-order valence-corrected chi connectivity index (χ0v) is 10.6. The second-order valence-electron chi connectivity index (χ2n) is 5.65. The molecule has 0 radical (unpaired) electrons. The zero-order valence-electron chi connectivity index (χ0n) is 10.6. The molecule has 1 aromatic rings. The van der Waals surface area contributed by atoms with Gasteiger partial charge < -0.3 is 5.32 Å². The van der Waals surface area contributed by atoms with Gasteiger partial charge in [-0.2, -0.15) is 13.2 Å². The number of hydrogen-bond donors (Lipinski definition) is 1. The Hall–Kier alpha value is -1.19. The molecule has 4 heteroatoms. The summed E-state index contributed by atoms with van der Waals surface area (Å²) in [7, 11) is 0. The number of anilines is 1. The molecule has 1 aliphatic carbocycles. The van der Waals surface area contributed by atoms with Gasteiger partial charge in [0.25, 0.3) is 0 Å². The van der Waals surface area contributed by atoms with Gasteiger partial charge in [0.1, 0.15) is 0 Å². The van der Waals surface area contributed by atoms with Crippen molar-refractivity contribution in [1.82, 2.24) is 0 Å². The molecule has 0 amide bonds. The molecule has 2 rings (SSSR count). The van der Waals surface area contributed by atoms with Gasteiger partial charge in [0.05, 0.1) is 5.56 Å². The van der Waals surface area contributed by atoms with E-state index in [4.69, 9.17) is 0 Å². The number of rotatable bonds is 2. The van der Waals surface area contributed by atoms with Crippen molar-refractivity contribution in [2.75, 3.05) is 5.32 Å². The van der Waals surface area contributed by atoms with Crippen molar-refractivity contribution >= 4 is 5.69 Å². The van der Waals surface area contributed by atoms with Gasteiger partial charge in [0, 0.05) is 11.7 Å². The van der Waals surface area contributed by atoms with E-state index in [9.17, 15) is 13.2 Å². The van der Waals surface area contributed by atoms with Gasteiger partial charge in [-0.15, -0.1) is 0 Å². The molecule has 0 heterocycles. The van der Waals surface area contributed by atoms with E-state index in [0.717, 1.165) is 30.7 Å². The highest BCUT2D eigenvalue weighted by molar-refractivity contribution is 5.46. The van der Waals surface area contributed by atoms with E-state index < -0.39 is 11.7 Å². The summed E-state index contributed by atoms with van der Waals surface area (Å²) in [5.41, 5.74) is 0.379. The second-order valence-corrected chi connectivity index (χ2v) is 5.65. The average Bonchev–Trinajstić information content (AvgIpc) is 2.58. The van der Waals surface area contributed by atoms with Crippen molar-refractivity contribution < 1.29 is 13.2 Å². The molecular formula is C14H18F3N. The third-order valence-electron chi connectivity index (χ3n) is 3.81. The van der Waals surface area contributed by atoms with Crippen LogP contribution in [-0.4, -0.2) is 6.04 Å². The van der Waals surface area contributed by atoms with Crippen LogP contribution in [0.2, 0.25) is 0 Å². The Morgan fingerprint density at radius 3 is 2.22 bits per heavy atom. The van der Waals surface area contributed by atoms with Gasteiger partial charge in [-0.1, -0.05) is 20.3 Å². The molecule has 1 N–H and O–H groups in total. The number of hydrogen-bond acceptors (Lipinski definition) is 1. The van der Waals surface area contributed by atoms with Crippen LogP contribution in [0.15, 0.2) is 24.3 Å². The normalized spacial score (nSPS) is 23.1. The summed E-state index contributed by atoms with van der Waals surface area (Å²) in [6, 6.07) is 5.62. The van der Waals surface area contributed by atoms with Gasteiger partial charge in [-0.25, -0.2) is 0 Å². The molecule has 0 spiro atoms. The summed E-state index contributed by atoms with van der Waals surface area (Å²) >= 11 is 0. The van der Waals surface area contributed by atoms with E-state index in [0.29, 0.717) is 6.04 Å². The maximum atomic E-state index is 12.4. The molecule has 18 heavy (non-hydrogen) atoms. The lowest BCUT2D eigenvalue weighted by Gasteiger charge is -2.28. The smallest absolute Gasteiger partial charge is 0.382 e. The molecule has 1 unspecified atom stereocenters. The topological polar surface area (TPSA) is 12.0 Å². The Bertz CT molecular complexity index is 406. The molecule has 1 aliphatic rings. The first-order valence-electron chi connectivity index (χ1n) is 6.23. The van der Waals surface area contributed by atoms with E-state index in [-0.39, 0.29) is 5.41 Å². The molecular weight excluding hydrogens is 239 g/mol. The van der Waals surface area contributed by atoms with Crippen molar-refractivity contribution in [2.24, 2.45) is 5.41 Å². The summed E-state index contributed by atoms with van der Waals surface area (Å²) in [5, 5.41) is 3.34. The molecule has 1 nitrogen and oxygen atoms in total. The van der Waals surface area contributed by atoms with Crippen molar-refractivity contribution in [2.45, 2.75) is 45.3 Å². The fourth-order valence-corrected chi connectivity index (χ4v) is 2.55. The van der Waals surface area contributed by atoms with Gasteiger partial charge in [-0.3, -0.25) is 0 Å². The lowest BCUT2D eigenvalue weighted by molar-refractivity contribution is -0.137. The van der Waals surface area contributed by atoms with E-state index in [1.54, 1.807) is 0 Å². The Morgan fingerprint density at radius 1 is 1.17 bits per heavy atom. The van der Waals surface area contributed by atoms with E-state index in [1.165, 1.54) is 18.6 Å². The van der Waals surface area contributed by atoms with E-state index in [2.05, 4.69) is 19.2 Å². The lowest BCUT2D eigenvalue weighted by atomic mass is 9.87. The second kappa shape index (κ2) is 4.48. The van der Waals surface area contributed by atoms with Crippen LogP contribution >= 0.6 is 0 Å². The molecule has 1 saturated carbocycles. The van der Waals surface area contributed by atoms with Crippen molar-refractivity contribution in [3.05, 3.63) is 29.8 Å². The van der Waals surface area contributed by atoms with Crippen molar-refractivity contribution in [3.63, 3.8) is 0 Å². The molecule has 1 aromatic carbocycles. The largest absolute Gasteiger partial charge is 0.416 e. The van der Waals surface area contributed by atoms with Crippen molar-refractivity contribution in [1.29, 1.82) is 0 Å².